The molecule has 0 saturated carbocycles. The average Bonchev–Trinajstić information content (AvgIpc) is 3.28. The molecule has 0 spiro atoms. The molecule has 0 N–H and O–H groups in total. The van der Waals surface area contributed by atoms with Gasteiger partial charge in [-0.3, -0.25) is 0 Å². The van der Waals surface area contributed by atoms with Gasteiger partial charge in [-0.1, -0.05) is 24.3 Å². The van der Waals surface area contributed by atoms with Gasteiger partial charge in [-0.2, -0.15) is 0 Å². The van der Waals surface area contributed by atoms with Crippen molar-refractivity contribution in [1.29, 1.82) is 0 Å². The molecule has 0 aliphatic carbocycles. The summed E-state index contributed by atoms with van der Waals surface area (Å²) in [6.07, 6.45) is -1.46. The van der Waals surface area contributed by atoms with Crippen molar-refractivity contribution in [2.75, 3.05) is 0 Å². The second kappa shape index (κ2) is 5.85. The molecule has 3 atom stereocenters. The van der Waals surface area contributed by atoms with Gasteiger partial charge < -0.3 is 9.47 Å². The molecule has 1 fully saturated rings. The zero-order valence-corrected chi connectivity index (χ0v) is 11.8. The predicted molar refractivity (Wildman–Crippen MR) is 75.3 cm³/mol. The van der Waals surface area contributed by atoms with Crippen LogP contribution in [0.3, 0.4) is 0 Å². The van der Waals surface area contributed by atoms with Crippen LogP contribution < -0.4 is 0 Å². The number of carbonyl (C=O) groups excluding carboxylic acids is 1. The van der Waals surface area contributed by atoms with Gasteiger partial charge in [0.15, 0.2) is 0 Å². The van der Waals surface area contributed by atoms with Gasteiger partial charge in [0, 0.05) is 11.6 Å². The number of ether oxygens (including phenoxy) is 2. The van der Waals surface area contributed by atoms with E-state index in [4.69, 9.17) is 9.47 Å². The summed E-state index contributed by atoms with van der Waals surface area (Å²) in [5.74, 6) is -1.75. The molecular formula is C17H14F2O3. The summed E-state index contributed by atoms with van der Waals surface area (Å²) >= 11 is 0. The van der Waals surface area contributed by atoms with Gasteiger partial charge in [-0.25, -0.2) is 13.6 Å². The Kier molecular flexibility index (Phi) is 3.90. The van der Waals surface area contributed by atoms with Gasteiger partial charge in [-0.15, -0.1) is 0 Å². The summed E-state index contributed by atoms with van der Waals surface area (Å²) in [5.41, 5.74) is 0.716. The standard InChI is InChI=1S/C17H14F2O3/c1-10(21-17(20)11-5-3-2-4-6-11)15-16(22-15)13-8-7-12(18)9-14(13)19/h2-10,15-16H,1H3/t10-,15-,16?/m1/s1. The fourth-order valence-corrected chi connectivity index (χ4v) is 2.34. The lowest BCUT2D eigenvalue weighted by Crippen LogP contribution is -2.21. The summed E-state index contributed by atoms with van der Waals surface area (Å²) in [6, 6.07) is 11.9. The maximum absolute atomic E-state index is 13.7. The van der Waals surface area contributed by atoms with Crippen LogP contribution in [-0.2, 0) is 9.47 Å². The van der Waals surface area contributed by atoms with Crippen LogP contribution >= 0.6 is 0 Å². The van der Waals surface area contributed by atoms with E-state index < -0.39 is 35.9 Å². The largest absolute Gasteiger partial charge is 0.456 e. The van der Waals surface area contributed by atoms with Gasteiger partial charge >= 0.3 is 5.97 Å². The monoisotopic (exact) mass is 304 g/mol. The lowest BCUT2D eigenvalue weighted by molar-refractivity contribution is 0.0278. The molecule has 1 heterocycles. The molecule has 0 bridgehead atoms. The van der Waals surface area contributed by atoms with Crippen LogP contribution in [0.5, 0.6) is 0 Å². The minimum atomic E-state index is -0.658. The van der Waals surface area contributed by atoms with E-state index in [1.54, 1.807) is 37.3 Å². The number of carbonyl (C=O) groups is 1. The highest BCUT2D eigenvalue weighted by atomic mass is 19.1. The molecule has 5 heteroatoms. The Morgan fingerprint density at radius 3 is 2.59 bits per heavy atom. The van der Waals surface area contributed by atoms with E-state index in [0.29, 0.717) is 5.56 Å². The smallest absolute Gasteiger partial charge is 0.338 e. The average molecular weight is 304 g/mol. The Morgan fingerprint density at radius 2 is 1.91 bits per heavy atom. The first-order valence-corrected chi connectivity index (χ1v) is 6.92. The Morgan fingerprint density at radius 1 is 1.18 bits per heavy atom. The fraction of sp³-hybridized carbons (Fsp3) is 0.235. The zero-order chi connectivity index (χ0) is 15.7. The molecule has 0 aromatic heterocycles. The van der Waals surface area contributed by atoms with Gasteiger partial charge in [0.2, 0.25) is 0 Å². The number of hydrogen-bond acceptors (Lipinski definition) is 3. The lowest BCUT2D eigenvalue weighted by atomic mass is 10.1. The van der Waals surface area contributed by atoms with Crippen LogP contribution in [0.2, 0.25) is 0 Å². The number of benzene rings is 2. The Bertz CT molecular complexity index is 688. The van der Waals surface area contributed by atoms with E-state index in [1.165, 1.54) is 12.1 Å². The topological polar surface area (TPSA) is 38.8 Å². The molecule has 1 unspecified atom stereocenters. The van der Waals surface area contributed by atoms with Crippen LogP contribution in [0.25, 0.3) is 0 Å². The van der Waals surface area contributed by atoms with Crippen molar-refractivity contribution in [2.45, 2.75) is 25.2 Å². The highest BCUT2D eigenvalue weighted by Crippen LogP contribution is 2.42. The van der Waals surface area contributed by atoms with Crippen molar-refractivity contribution >= 4 is 5.97 Å². The van der Waals surface area contributed by atoms with Crippen molar-refractivity contribution in [3.05, 3.63) is 71.3 Å². The third kappa shape index (κ3) is 2.99. The van der Waals surface area contributed by atoms with Gasteiger partial charge in [-0.05, 0) is 25.1 Å². The van der Waals surface area contributed by atoms with Crippen molar-refractivity contribution < 1.29 is 23.0 Å². The summed E-state index contributed by atoms with van der Waals surface area (Å²) in [6.45, 7) is 1.69. The van der Waals surface area contributed by atoms with Crippen molar-refractivity contribution in [2.24, 2.45) is 0 Å². The van der Waals surface area contributed by atoms with E-state index in [1.807, 2.05) is 0 Å². The number of halogens is 2. The Balaban J connectivity index is 1.63. The van der Waals surface area contributed by atoms with E-state index in [-0.39, 0.29) is 5.56 Å². The first-order chi connectivity index (χ1) is 10.6. The van der Waals surface area contributed by atoms with E-state index in [2.05, 4.69) is 0 Å². The first-order valence-electron chi connectivity index (χ1n) is 6.92. The lowest BCUT2D eigenvalue weighted by Gasteiger charge is -2.11. The van der Waals surface area contributed by atoms with E-state index >= 15 is 0 Å². The first kappa shape index (κ1) is 14.7. The molecule has 0 radical (unpaired) electrons. The normalized spacial score (nSPS) is 21.2. The molecule has 2 aromatic carbocycles. The third-order valence-corrected chi connectivity index (χ3v) is 3.56. The molecule has 1 saturated heterocycles. The highest BCUT2D eigenvalue weighted by Gasteiger charge is 2.47. The summed E-state index contributed by atoms with van der Waals surface area (Å²) in [4.78, 5) is 11.9. The maximum Gasteiger partial charge on any atom is 0.338 e. The molecule has 3 nitrogen and oxygen atoms in total. The number of hydrogen-bond donors (Lipinski definition) is 0. The van der Waals surface area contributed by atoms with Crippen LogP contribution in [0.15, 0.2) is 48.5 Å². The number of epoxide rings is 1. The molecular weight excluding hydrogens is 290 g/mol. The molecule has 2 aromatic rings. The van der Waals surface area contributed by atoms with E-state index in [9.17, 15) is 13.6 Å². The molecule has 0 amide bonds. The van der Waals surface area contributed by atoms with Gasteiger partial charge in [0.1, 0.15) is 29.9 Å². The zero-order valence-electron chi connectivity index (χ0n) is 11.8. The summed E-state index contributed by atoms with van der Waals surface area (Å²) in [5, 5.41) is 0. The Hall–Kier alpha value is -2.27. The van der Waals surface area contributed by atoms with Crippen LogP contribution in [0.4, 0.5) is 8.78 Å². The molecule has 1 aliphatic heterocycles. The highest BCUT2D eigenvalue weighted by molar-refractivity contribution is 5.89. The maximum atomic E-state index is 13.7. The predicted octanol–water partition coefficient (Wildman–Crippen LogP) is 3.65. The number of rotatable bonds is 4. The second-order valence-corrected chi connectivity index (χ2v) is 5.16. The van der Waals surface area contributed by atoms with Gasteiger partial charge in [0.05, 0.1) is 5.56 Å². The van der Waals surface area contributed by atoms with Crippen molar-refractivity contribution in [3.8, 4) is 0 Å². The number of esters is 1. The summed E-state index contributed by atoms with van der Waals surface area (Å²) < 4.78 is 37.3. The molecule has 22 heavy (non-hydrogen) atoms. The van der Waals surface area contributed by atoms with Crippen LogP contribution in [-0.4, -0.2) is 18.2 Å². The van der Waals surface area contributed by atoms with Crippen molar-refractivity contribution in [1.82, 2.24) is 0 Å². The quantitative estimate of drug-likeness (QED) is 0.639. The Labute approximate surface area is 126 Å². The molecule has 1 aliphatic rings. The molecule has 114 valence electrons. The SMILES string of the molecule is C[C@@H](OC(=O)c1ccccc1)[C@H]1OC1c1ccc(F)cc1F. The fourth-order valence-electron chi connectivity index (χ4n) is 2.34. The van der Waals surface area contributed by atoms with E-state index in [0.717, 1.165) is 6.07 Å². The minimum absolute atomic E-state index is 0.272. The third-order valence-electron chi connectivity index (χ3n) is 3.56. The van der Waals surface area contributed by atoms with Crippen molar-refractivity contribution in [3.63, 3.8) is 0 Å². The minimum Gasteiger partial charge on any atom is -0.456 e. The van der Waals surface area contributed by atoms with Gasteiger partial charge in [0.25, 0.3) is 0 Å². The second-order valence-electron chi connectivity index (χ2n) is 5.16. The van der Waals surface area contributed by atoms with Crippen LogP contribution in [0, 0.1) is 11.6 Å². The van der Waals surface area contributed by atoms with Crippen LogP contribution in [0.1, 0.15) is 28.9 Å². The summed E-state index contributed by atoms with van der Waals surface area (Å²) in [7, 11) is 0. The molecule has 3 rings (SSSR count).